The molecule has 0 radical (unpaired) electrons. The maximum Gasteiger partial charge on any atom is 0.160 e. The molecule has 0 fully saturated rings. The fourth-order valence-electron chi connectivity index (χ4n) is 9.59. The Labute approximate surface area is 368 Å². The Morgan fingerprint density at radius 3 is 1.73 bits per heavy atom. The van der Waals surface area contributed by atoms with Crippen LogP contribution in [0.5, 0.6) is 0 Å². The van der Waals surface area contributed by atoms with Gasteiger partial charge in [-0.1, -0.05) is 158 Å². The highest BCUT2D eigenvalue weighted by molar-refractivity contribution is 6.28. The standard InChI is InChI=1S/C59H36N4O/c1-4-14-39(15-5-1)58-47-31-33-55-57(46-21-11-13-23-54(46)64-55)56(47)45-30-28-41(35-51(45)60-58)37-24-26-38(27-25-37)49-36-50(62-59(61-49)40-16-6-2-7-17-40)42-29-32-53-48(34-42)44-20-10-12-22-52(44)63(53)43-18-8-3-9-19-43/h1-36H. The minimum atomic E-state index is 0.686. The zero-order valence-corrected chi connectivity index (χ0v) is 34.5. The van der Waals surface area contributed by atoms with Crippen LogP contribution in [0.4, 0.5) is 0 Å². The second-order valence-corrected chi connectivity index (χ2v) is 16.3. The van der Waals surface area contributed by atoms with Crippen molar-refractivity contribution in [1.82, 2.24) is 19.5 Å². The first kappa shape index (κ1) is 36.0. The number of para-hydroxylation sites is 3. The van der Waals surface area contributed by atoms with Gasteiger partial charge in [0.05, 0.1) is 33.6 Å². The predicted octanol–water partition coefficient (Wildman–Crippen LogP) is 15.5. The van der Waals surface area contributed by atoms with Crippen molar-refractivity contribution in [2.45, 2.75) is 0 Å². The first-order valence-corrected chi connectivity index (χ1v) is 21.6. The van der Waals surface area contributed by atoms with Gasteiger partial charge in [-0.05, 0) is 71.8 Å². The van der Waals surface area contributed by atoms with E-state index in [-0.39, 0.29) is 0 Å². The number of hydrogen-bond acceptors (Lipinski definition) is 4. The van der Waals surface area contributed by atoms with Crippen LogP contribution in [0.15, 0.2) is 223 Å². The van der Waals surface area contributed by atoms with Crippen LogP contribution in [0.25, 0.3) is 127 Å². The van der Waals surface area contributed by atoms with E-state index in [1.54, 1.807) is 0 Å². The lowest BCUT2D eigenvalue weighted by Crippen LogP contribution is -1.96. The molecule has 0 aliphatic rings. The van der Waals surface area contributed by atoms with E-state index in [0.29, 0.717) is 5.82 Å². The summed E-state index contributed by atoms with van der Waals surface area (Å²) < 4.78 is 8.72. The molecule has 0 saturated heterocycles. The maximum absolute atomic E-state index is 6.38. The van der Waals surface area contributed by atoms with Crippen LogP contribution >= 0.6 is 0 Å². The number of fused-ring (bicyclic) bond motifs is 10. The summed E-state index contributed by atoms with van der Waals surface area (Å²) in [6, 6.07) is 76.6. The van der Waals surface area contributed by atoms with Crippen LogP contribution in [-0.2, 0) is 0 Å². The number of furan rings is 1. The Kier molecular flexibility index (Phi) is 8.15. The number of rotatable bonds is 6. The summed E-state index contributed by atoms with van der Waals surface area (Å²) in [6.07, 6.45) is 0. The average molecular weight is 817 g/mol. The van der Waals surface area contributed by atoms with Crippen molar-refractivity contribution in [2.24, 2.45) is 0 Å². The predicted molar refractivity (Wildman–Crippen MR) is 264 cm³/mol. The third-order valence-corrected chi connectivity index (χ3v) is 12.6. The Bertz CT molecular complexity index is 3930. The molecule has 4 aromatic heterocycles. The van der Waals surface area contributed by atoms with Crippen LogP contribution < -0.4 is 0 Å². The van der Waals surface area contributed by atoms with Crippen molar-refractivity contribution in [3.8, 4) is 62.0 Å². The Balaban J connectivity index is 0.932. The normalized spacial score (nSPS) is 11.8. The van der Waals surface area contributed by atoms with E-state index in [4.69, 9.17) is 19.4 Å². The number of hydrogen-bond donors (Lipinski definition) is 0. The number of nitrogens with zero attached hydrogens (tertiary/aromatic N) is 4. The molecule has 0 aliphatic heterocycles. The van der Waals surface area contributed by atoms with Crippen molar-refractivity contribution < 1.29 is 4.42 Å². The first-order chi connectivity index (χ1) is 31.7. The van der Waals surface area contributed by atoms with Crippen molar-refractivity contribution in [2.75, 3.05) is 0 Å². The second-order valence-electron chi connectivity index (χ2n) is 16.3. The highest BCUT2D eigenvalue weighted by Gasteiger charge is 2.19. The van der Waals surface area contributed by atoms with E-state index in [1.807, 2.05) is 36.4 Å². The van der Waals surface area contributed by atoms with Gasteiger partial charge in [-0.2, -0.15) is 0 Å². The van der Waals surface area contributed by atoms with Gasteiger partial charge in [0.15, 0.2) is 5.82 Å². The lowest BCUT2D eigenvalue weighted by Gasteiger charge is -2.13. The van der Waals surface area contributed by atoms with Crippen molar-refractivity contribution in [3.05, 3.63) is 218 Å². The highest BCUT2D eigenvalue weighted by atomic mass is 16.3. The quantitative estimate of drug-likeness (QED) is 0.157. The molecule has 298 valence electrons. The van der Waals surface area contributed by atoms with E-state index >= 15 is 0 Å². The van der Waals surface area contributed by atoms with Crippen LogP contribution in [0.2, 0.25) is 0 Å². The molecule has 0 N–H and O–H groups in total. The molecule has 9 aromatic carbocycles. The summed E-state index contributed by atoms with van der Waals surface area (Å²) >= 11 is 0. The SMILES string of the molecule is c1ccc(-c2nc(-c3ccc(-c4ccc5c(c4)nc(-c4ccccc4)c4ccc6oc7ccccc7c6c45)cc3)cc(-c3ccc4c(c3)c3ccccc3n4-c3ccccc3)n2)cc1. The van der Waals surface area contributed by atoms with Gasteiger partial charge < -0.3 is 8.98 Å². The lowest BCUT2D eigenvalue weighted by molar-refractivity contribution is 0.669. The second kappa shape index (κ2) is 14.5. The summed E-state index contributed by atoms with van der Waals surface area (Å²) in [4.78, 5) is 15.7. The van der Waals surface area contributed by atoms with E-state index in [1.165, 1.54) is 16.3 Å². The van der Waals surface area contributed by atoms with Gasteiger partial charge in [0.1, 0.15) is 11.2 Å². The maximum atomic E-state index is 6.38. The largest absolute Gasteiger partial charge is 0.456 e. The highest BCUT2D eigenvalue weighted by Crippen LogP contribution is 2.42. The fourth-order valence-corrected chi connectivity index (χ4v) is 9.59. The molecule has 0 spiro atoms. The van der Waals surface area contributed by atoms with Gasteiger partial charge in [0, 0.05) is 65.6 Å². The molecule has 0 aliphatic carbocycles. The minimum absolute atomic E-state index is 0.686. The Hall–Kier alpha value is -8.67. The van der Waals surface area contributed by atoms with Crippen molar-refractivity contribution in [1.29, 1.82) is 0 Å². The molecule has 13 rings (SSSR count). The summed E-state index contributed by atoms with van der Waals surface area (Å²) in [6.45, 7) is 0. The number of benzene rings is 9. The zero-order chi connectivity index (χ0) is 42.1. The van der Waals surface area contributed by atoms with Gasteiger partial charge in [-0.15, -0.1) is 0 Å². The monoisotopic (exact) mass is 816 g/mol. The molecular formula is C59H36N4O. The molecule has 5 heteroatoms. The summed E-state index contributed by atoms with van der Waals surface area (Å²) in [5.74, 6) is 0.686. The minimum Gasteiger partial charge on any atom is -0.456 e. The van der Waals surface area contributed by atoms with Crippen LogP contribution in [-0.4, -0.2) is 19.5 Å². The zero-order valence-electron chi connectivity index (χ0n) is 34.5. The van der Waals surface area contributed by atoms with Gasteiger partial charge in [0.2, 0.25) is 0 Å². The average Bonchev–Trinajstić information content (AvgIpc) is 3.92. The number of aromatic nitrogens is 4. The molecule has 13 aromatic rings. The number of pyridine rings is 1. The molecule has 5 nitrogen and oxygen atoms in total. The third-order valence-electron chi connectivity index (χ3n) is 12.6. The molecule has 0 atom stereocenters. The van der Waals surface area contributed by atoms with Crippen molar-refractivity contribution >= 4 is 65.4 Å². The molecule has 0 bridgehead atoms. The smallest absolute Gasteiger partial charge is 0.160 e. The first-order valence-electron chi connectivity index (χ1n) is 21.6. The fraction of sp³-hybridized carbons (Fsp3) is 0. The van der Waals surface area contributed by atoms with Gasteiger partial charge >= 0.3 is 0 Å². The Morgan fingerprint density at radius 1 is 0.328 bits per heavy atom. The molecular weight excluding hydrogens is 781 g/mol. The van der Waals surface area contributed by atoms with Gasteiger partial charge in [-0.3, -0.25) is 0 Å². The van der Waals surface area contributed by atoms with Gasteiger partial charge in [-0.25, -0.2) is 15.0 Å². The molecule has 64 heavy (non-hydrogen) atoms. The summed E-state index contributed by atoms with van der Waals surface area (Å²) in [5, 5.41) is 7.96. The van der Waals surface area contributed by atoms with Gasteiger partial charge in [0.25, 0.3) is 0 Å². The van der Waals surface area contributed by atoms with Crippen LogP contribution in [0.3, 0.4) is 0 Å². The molecule has 0 unspecified atom stereocenters. The topological polar surface area (TPSA) is 56.7 Å². The summed E-state index contributed by atoms with van der Waals surface area (Å²) in [7, 11) is 0. The van der Waals surface area contributed by atoms with Crippen molar-refractivity contribution in [3.63, 3.8) is 0 Å². The van der Waals surface area contributed by atoms with E-state index < -0.39 is 0 Å². The van der Waals surface area contributed by atoms with Crippen LogP contribution in [0, 0.1) is 0 Å². The van der Waals surface area contributed by atoms with Crippen LogP contribution in [0.1, 0.15) is 0 Å². The van der Waals surface area contributed by atoms with E-state index in [9.17, 15) is 0 Å². The molecule has 0 amide bonds. The lowest BCUT2D eigenvalue weighted by atomic mass is 9.94. The third kappa shape index (κ3) is 5.83. The van der Waals surface area contributed by atoms with E-state index in [0.717, 1.165) is 105 Å². The summed E-state index contributed by atoms with van der Waals surface area (Å²) in [5.41, 5.74) is 15.1. The van der Waals surface area contributed by atoms with E-state index in [2.05, 4.69) is 187 Å². The molecule has 4 heterocycles. The Morgan fingerprint density at radius 2 is 0.938 bits per heavy atom. The molecule has 0 saturated carbocycles.